The van der Waals surface area contributed by atoms with E-state index in [0.29, 0.717) is 11.3 Å². The van der Waals surface area contributed by atoms with E-state index in [-0.39, 0.29) is 12.0 Å². The van der Waals surface area contributed by atoms with Crippen molar-refractivity contribution in [2.45, 2.75) is 59.9 Å². The van der Waals surface area contributed by atoms with E-state index in [4.69, 9.17) is 4.79 Å². The van der Waals surface area contributed by atoms with Crippen LogP contribution in [-0.2, 0) is 20.8 Å². The Balaban J connectivity index is 0.000000975. The standard InChI is InChI=1S/C24H23F2N3O3.C5H12.CH2O/c1-14-6-5-7-15(2)23(14)16-10-18(24(26)19(25)11-16)20(13-22(31)32)28-29-21(30)12-17-8-3-4-9-27-17;1-4-5(2)3;1-2/h3-11,20,28H,12-13H2,1-2H3,(H,29,30)(H,31,32);5H,4H2,1-3H3;1H2/t20-;;/m0../s1. The lowest BCUT2D eigenvalue weighted by Gasteiger charge is -2.21. The molecule has 2 aromatic carbocycles. The summed E-state index contributed by atoms with van der Waals surface area (Å²) in [6.07, 6.45) is 2.21. The average Bonchev–Trinajstić information content (AvgIpc) is 2.90. The van der Waals surface area contributed by atoms with Crippen LogP contribution >= 0.6 is 0 Å². The van der Waals surface area contributed by atoms with Gasteiger partial charge in [-0.1, -0.05) is 51.5 Å². The Morgan fingerprint density at radius 3 is 2.15 bits per heavy atom. The number of hydrogen-bond donors (Lipinski definition) is 3. The number of hydrazine groups is 1. The maximum atomic E-state index is 14.7. The quantitative estimate of drug-likeness (QED) is 0.292. The van der Waals surface area contributed by atoms with Crippen LogP contribution in [0.4, 0.5) is 8.78 Å². The molecular weight excluding hydrogens is 504 g/mol. The van der Waals surface area contributed by atoms with Gasteiger partial charge in [-0.3, -0.25) is 20.0 Å². The molecule has 0 unspecified atom stereocenters. The number of hydrogen-bond acceptors (Lipinski definition) is 5. The van der Waals surface area contributed by atoms with Gasteiger partial charge < -0.3 is 9.90 Å². The molecule has 9 heteroatoms. The molecule has 0 fully saturated rings. The molecule has 0 aliphatic rings. The second-order valence-electron chi connectivity index (χ2n) is 9.27. The molecule has 0 aliphatic carbocycles. The largest absolute Gasteiger partial charge is 0.481 e. The van der Waals surface area contributed by atoms with E-state index in [1.54, 1.807) is 24.4 Å². The Hall–Kier alpha value is -3.98. The second-order valence-corrected chi connectivity index (χ2v) is 9.27. The highest BCUT2D eigenvalue weighted by Gasteiger charge is 2.24. The summed E-state index contributed by atoms with van der Waals surface area (Å²) in [6, 6.07) is 12.0. The van der Waals surface area contributed by atoms with Crippen molar-refractivity contribution in [1.82, 2.24) is 15.8 Å². The van der Waals surface area contributed by atoms with Crippen molar-refractivity contribution in [3.05, 3.63) is 88.7 Å². The number of halogens is 2. The van der Waals surface area contributed by atoms with Gasteiger partial charge in [0.1, 0.15) is 6.79 Å². The van der Waals surface area contributed by atoms with Gasteiger partial charge in [-0.25, -0.2) is 14.2 Å². The van der Waals surface area contributed by atoms with Gasteiger partial charge in [-0.05, 0) is 66.3 Å². The number of nitrogens with one attached hydrogen (secondary N) is 2. The van der Waals surface area contributed by atoms with Crippen LogP contribution in [0.1, 0.15) is 62.0 Å². The molecule has 0 saturated carbocycles. The molecule has 1 heterocycles. The van der Waals surface area contributed by atoms with Gasteiger partial charge in [0.15, 0.2) is 11.6 Å². The predicted octanol–water partition coefficient (Wildman–Crippen LogP) is 5.89. The van der Waals surface area contributed by atoms with Crippen molar-refractivity contribution in [3.8, 4) is 11.1 Å². The number of pyridine rings is 1. The molecule has 0 radical (unpaired) electrons. The molecule has 7 nitrogen and oxygen atoms in total. The Morgan fingerprint density at radius 2 is 1.64 bits per heavy atom. The Bertz CT molecular complexity index is 1200. The third-order valence-corrected chi connectivity index (χ3v) is 5.85. The minimum Gasteiger partial charge on any atom is -0.481 e. The highest BCUT2D eigenvalue weighted by atomic mass is 19.2. The molecule has 3 N–H and O–H groups in total. The number of carboxylic acid groups (broad SMARTS) is 1. The fourth-order valence-electron chi connectivity index (χ4n) is 3.57. The van der Waals surface area contributed by atoms with E-state index in [0.717, 1.165) is 28.7 Å². The van der Waals surface area contributed by atoms with Gasteiger partial charge in [0.25, 0.3) is 0 Å². The van der Waals surface area contributed by atoms with Crippen molar-refractivity contribution in [2.75, 3.05) is 0 Å². The SMILES string of the molecule is C=O.CCC(C)C.Cc1cccc(C)c1-c1cc(F)c(F)c([C@H](CC(=O)O)NNC(=O)Cc2ccccn2)c1. The number of nitrogens with zero attached hydrogens (tertiary/aromatic N) is 1. The monoisotopic (exact) mass is 541 g/mol. The molecule has 0 aliphatic heterocycles. The van der Waals surface area contributed by atoms with Gasteiger partial charge >= 0.3 is 5.97 Å². The molecule has 0 spiro atoms. The summed E-state index contributed by atoms with van der Waals surface area (Å²) >= 11 is 0. The molecule has 3 aromatic rings. The summed E-state index contributed by atoms with van der Waals surface area (Å²) in [7, 11) is 0. The van der Waals surface area contributed by atoms with E-state index < -0.39 is 36.0 Å². The smallest absolute Gasteiger partial charge is 0.305 e. The molecule has 0 saturated heterocycles. The fourth-order valence-corrected chi connectivity index (χ4v) is 3.57. The maximum absolute atomic E-state index is 14.7. The van der Waals surface area contributed by atoms with Crippen LogP contribution in [0.5, 0.6) is 0 Å². The van der Waals surface area contributed by atoms with Crippen molar-refractivity contribution >= 4 is 18.7 Å². The van der Waals surface area contributed by atoms with E-state index >= 15 is 0 Å². The number of benzene rings is 2. The molecular formula is C30H37F2N3O4. The number of carbonyl (C=O) groups excluding carboxylic acids is 2. The first kappa shape index (κ1) is 33.0. The van der Waals surface area contributed by atoms with E-state index in [1.165, 1.54) is 12.5 Å². The molecule has 1 atom stereocenters. The zero-order valence-corrected chi connectivity index (χ0v) is 23.1. The third-order valence-electron chi connectivity index (χ3n) is 5.85. The summed E-state index contributed by atoms with van der Waals surface area (Å²) in [5, 5.41) is 9.30. The van der Waals surface area contributed by atoms with Crippen LogP contribution in [0.3, 0.4) is 0 Å². The third kappa shape index (κ3) is 10.7. The number of aromatic nitrogens is 1. The molecule has 1 aromatic heterocycles. The lowest BCUT2D eigenvalue weighted by Crippen LogP contribution is -2.42. The van der Waals surface area contributed by atoms with Crippen LogP contribution in [-0.4, -0.2) is 28.8 Å². The predicted molar refractivity (Wildman–Crippen MR) is 148 cm³/mol. The zero-order valence-electron chi connectivity index (χ0n) is 23.1. The van der Waals surface area contributed by atoms with Gasteiger partial charge in [0.2, 0.25) is 5.91 Å². The number of carbonyl (C=O) groups is 3. The van der Waals surface area contributed by atoms with Gasteiger partial charge in [-0.2, -0.15) is 0 Å². The van der Waals surface area contributed by atoms with Crippen molar-refractivity contribution in [3.63, 3.8) is 0 Å². The van der Waals surface area contributed by atoms with Crippen LogP contribution in [0.2, 0.25) is 0 Å². The average molecular weight is 542 g/mol. The number of carboxylic acids is 1. The molecule has 3 rings (SSSR count). The Labute approximate surface area is 228 Å². The van der Waals surface area contributed by atoms with Gasteiger partial charge in [0.05, 0.1) is 18.9 Å². The summed E-state index contributed by atoms with van der Waals surface area (Å²) < 4.78 is 29.3. The zero-order chi connectivity index (χ0) is 29.5. The van der Waals surface area contributed by atoms with Crippen LogP contribution < -0.4 is 10.9 Å². The van der Waals surface area contributed by atoms with Crippen LogP contribution in [0.25, 0.3) is 11.1 Å². The summed E-state index contributed by atoms with van der Waals surface area (Å²) in [5.74, 6) is -3.12. The van der Waals surface area contributed by atoms with E-state index in [9.17, 15) is 23.5 Å². The van der Waals surface area contributed by atoms with Crippen LogP contribution in [0.15, 0.2) is 54.7 Å². The fraction of sp³-hybridized carbons (Fsp3) is 0.333. The van der Waals surface area contributed by atoms with Crippen molar-refractivity contribution in [2.24, 2.45) is 5.92 Å². The van der Waals surface area contributed by atoms with Gasteiger partial charge in [-0.15, -0.1) is 0 Å². The summed E-state index contributed by atoms with van der Waals surface area (Å²) in [5.41, 5.74) is 8.15. The Kier molecular flexibility index (Phi) is 14.2. The first-order valence-corrected chi connectivity index (χ1v) is 12.5. The first-order chi connectivity index (χ1) is 18.5. The van der Waals surface area contributed by atoms with Crippen molar-refractivity contribution < 1.29 is 28.3 Å². The molecule has 39 heavy (non-hydrogen) atoms. The highest BCUT2D eigenvalue weighted by Crippen LogP contribution is 2.32. The second kappa shape index (κ2) is 16.8. The minimum atomic E-state index is -1.24. The summed E-state index contributed by atoms with van der Waals surface area (Å²) in [4.78, 5) is 35.7. The molecule has 1 amide bonds. The lowest BCUT2D eigenvalue weighted by molar-refractivity contribution is -0.138. The number of aliphatic carboxylic acids is 1. The first-order valence-electron chi connectivity index (χ1n) is 12.5. The summed E-state index contributed by atoms with van der Waals surface area (Å²) in [6.45, 7) is 12.4. The van der Waals surface area contributed by atoms with E-state index in [1.807, 2.05) is 38.8 Å². The van der Waals surface area contributed by atoms with Crippen molar-refractivity contribution in [1.29, 1.82) is 0 Å². The van der Waals surface area contributed by atoms with Crippen LogP contribution in [0, 0.1) is 31.4 Å². The number of aryl methyl sites for hydroxylation is 2. The minimum absolute atomic E-state index is 0.0626. The topological polar surface area (TPSA) is 108 Å². The Morgan fingerprint density at radius 1 is 1.03 bits per heavy atom. The lowest BCUT2D eigenvalue weighted by atomic mass is 9.92. The molecule has 210 valence electrons. The highest BCUT2D eigenvalue weighted by molar-refractivity contribution is 5.78. The number of rotatable bonds is 9. The number of amides is 1. The normalized spacial score (nSPS) is 11.0. The van der Waals surface area contributed by atoms with Gasteiger partial charge in [0, 0.05) is 17.5 Å². The molecule has 0 bridgehead atoms. The van der Waals surface area contributed by atoms with E-state index in [2.05, 4.69) is 36.6 Å². The maximum Gasteiger partial charge on any atom is 0.305 e.